The van der Waals surface area contributed by atoms with Gasteiger partial charge in [0.15, 0.2) is 0 Å². The number of carbonyl (C=O) groups is 2. The molecule has 2 aromatic rings. The lowest BCUT2D eigenvalue weighted by Gasteiger charge is -2.26. The van der Waals surface area contributed by atoms with Crippen molar-refractivity contribution in [2.75, 3.05) is 32.8 Å². The van der Waals surface area contributed by atoms with E-state index in [-0.39, 0.29) is 17.0 Å². The van der Waals surface area contributed by atoms with Crippen molar-refractivity contribution in [2.45, 2.75) is 33.2 Å². The molecule has 1 unspecified atom stereocenters. The Bertz CT molecular complexity index is 1110. The number of nitro benzene ring substituents is 1. The second kappa shape index (κ2) is 11.6. The van der Waals surface area contributed by atoms with Crippen molar-refractivity contribution in [3.8, 4) is 5.75 Å². The topological polar surface area (TPSA) is 113 Å². The van der Waals surface area contributed by atoms with Gasteiger partial charge in [0.1, 0.15) is 11.5 Å². The van der Waals surface area contributed by atoms with Crippen LogP contribution in [0.4, 0.5) is 5.69 Å². The lowest BCUT2D eigenvalue weighted by molar-refractivity contribution is -0.384. The van der Waals surface area contributed by atoms with E-state index in [0.717, 1.165) is 19.6 Å². The average Bonchev–Trinajstić information content (AvgIpc) is 3.11. The molecule has 0 saturated carbocycles. The molecule has 9 heteroatoms. The number of hydrogen-bond donors (Lipinski definition) is 1. The lowest BCUT2D eigenvalue weighted by atomic mass is 9.95. The quantitative estimate of drug-likeness (QED) is 0.169. The molecular formula is C26H31N3O6. The summed E-state index contributed by atoms with van der Waals surface area (Å²) in [5.74, 6) is -1.26. The summed E-state index contributed by atoms with van der Waals surface area (Å²) in [6.45, 7) is 9.19. The number of likely N-dealkylation sites (tertiary alicyclic amines) is 1. The Morgan fingerprint density at radius 2 is 1.80 bits per heavy atom. The molecule has 35 heavy (non-hydrogen) atoms. The third-order valence-corrected chi connectivity index (χ3v) is 6.15. The summed E-state index contributed by atoms with van der Waals surface area (Å²) in [6, 6.07) is 11.5. The van der Waals surface area contributed by atoms with E-state index < -0.39 is 22.7 Å². The fraction of sp³-hybridized carbons (Fsp3) is 0.385. The molecule has 1 fully saturated rings. The number of amides is 1. The number of benzene rings is 2. The summed E-state index contributed by atoms with van der Waals surface area (Å²) in [5.41, 5.74) is 0.723. The van der Waals surface area contributed by atoms with Gasteiger partial charge < -0.3 is 19.6 Å². The zero-order valence-electron chi connectivity index (χ0n) is 20.3. The van der Waals surface area contributed by atoms with Gasteiger partial charge in [0.05, 0.1) is 23.1 Å². The van der Waals surface area contributed by atoms with E-state index >= 15 is 0 Å². The van der Waals surface area contributed by atoms with Crippen LogP contribution < -0.4 is 4.74 Å². The molecule has 1 aliphatic rings. The van der Waals surface area contributed by atoms with Gasteiger partial charge in [-0.15, -0.1) is 0 Å². The third kappa shape index (κ3) is 5.68. The predicted molar refractivity (Wildman–Crippen MR) is 132 cm³/mol. The fourth-order valence-corrected chi connectivity index (χ4v) is 4.30. The Kier molecular flexibility index (Phi) is 8.59. The highest BCUT2D eigenvalue weighted by molar-refractivity contribution is 6.46. The van der Waals surface area contributed by atoms with Crippen LogP contribution in [0.1, 0.15) is 44.4 Å². The van der Waals surface area contributed by atoms with Crippen LogP contribution in [0.3, 0.4) is 0 Å². The monoisotopic (exact) mass is 481 g/mol. The van der Waals surface area contributed by atoms with Crippen LogP contribution in [0.5, 0.6) is 5.75 Å². The number of nitro groups is 1. The fourth-order valence-electron chi connectivity index (χ4n) is 4.30. The van der Waals surface area contributed by atoms with Crippen molar-refractivity contribution in [1.29, 1.82) is 0 Å². The van der Waals surface area contributed by atoms with E-state index in [1.807, 2.05) is 6.92 Å². The van der Waals surface area contributed by atoms with Gasteiger partial charge in [0, 0.05) is 24.2 Å². The van der Waals surface area contributed by atoms with Gasteiger partial charge in [-0.1, -0.05) is 26.0 Å². The smallest absolute Gasteiger partial charge is 0.295 e. The third-order valence-electron chi connectivity index (χ3n) is 6.15. The average molecular weight is 482 g/mol. The highest BCUT2D eigenvalue weighted by atomic mass is 16.6. The van der Waals surface area contributed by atoms with Crippen LogP contribution in [0, 0.1) is 10.1 Å². The summed E-state index contributed by atoms with van der Waals surface area (Å²) in [4.78, 5) is 40.5. The summed E-state index contributed by atoms with van der Waals surface area (Å²) < 4.78 is 5.51. The van der Waals surface area contributed by atoms with Gasteiger partial charge in [-0.25, -0.2) is 0 Å². The maximum atomic E-state index is 13.2. The molecule has 186 valence electrons. The van der Waals surface area contributed by atoms with Crippen molar-refractivity contribution < 1.29 is 24.4 Å². The molecule has 0 radical (unpaired) electrons. The largest absolute Gasteiger partial charge is 0.507 e. The molecule has 2 aromatic carbocycles. The zero-order chi connectivity index (χ0) is 25.5. The van der Waals surface area contributed by atoms with E-state index in [2.05, 4.69) is 18.7 Å². The van der Waals surface area contributed by atoms with Crippen molar-refractivity contribution in [3.63, 3.8) is 0 Å². The Labute approximate surface area is 204 Å². The van der Waals surface area contributed by atoms with Crippen LogP contribution in [0.15, 0.2) is 54.1 Å². The van der Waals surface area contributed by atoms with Crippen LogP contribution in [-0.4, -0.2) is 64.3 Å². The number of ketones is 1. The van der Waals surface area contributed by atoms with Crippen LogP contribution in [0.2, 0.25) is 0 Å². The Balaban J connectivity index is 2.05. The van der Waals surface area contributed by atoms with Gasteiger partial charge in [-0.2, -0.15) is 0 Å². The second-order valence-electron chi connectivity index (χ2n) is 8.18. The van der Waals surface area contributed by atoms with Crippen LogP contribution in [0.25, 0.3) is 5.76 Å². The molecule has 1 saturated heterocycles. The SMILES string of the molecule is CCOc1cccc(/C(O)=C2\C(=O)C(=O)N(CCCN(CC)CC)C2c2ccc([N+](=O)[O-])cc2)c1. The van der Waals surface area contributed by atoms with Gasteiger partial charge in [-0.05, 0) is 62.8 Å². The molecule has 1 N–H and O–H groups in total. The summed E-state index contributed by atoms with van der Waals surface area (Å²) in [5, 5.41) is 22.3. The van der Waals surface area contributed by atoms with Gasteiger partial charge in [0.2, 0.25) is 0 Å². The normalized spacial score (nSPS) is 17.3. The molecule has 1 aliphatic heterocycles. The van der Waals surface area contributed by atoms with E-state index in [1.54, 1.807) is 24.3 Å². The molecule has 0 aromatic heterocycles. The minimum Gasteiger partial charge on any atom is -0.507 e. The molecule has 1 amide bonds. The number of nitrogens with zero attached hydrogens (tertiary/aromatic N) is 3. The van der Waals surface area contributed by atoms with Crippen LogP contribution >= 0.6 is 0 Å². The first-order valence-corrected chi connectivity index (χ1v) is 11.8. The minimum absolute atomic E-state index is 0.0414. The number of aliphatic hydroxyl groups excluding tert-OH is 1. The van der Waals surface area contributed by atoms with E-state index in [9.17, 15) is 24.8 Å². The van der Waals surface area contributed by atoms with Crippen molar-refractivity contribution in [1.82, 2.24) is 9.80 Å². The molecule has 0 aliphatic carbocycles. The maximum absolute atomic E-state index is 13.2. The maximum Gasteiger partial charge on any atom is 0.295 e. The number of Topliss-reactive ketones (excluding diaryl/α,β-unsaturated/α-hetero) is 1. The van der Waals surface area contributed by atoms with Gasteiger partial charge >= 0.3 is 0 Å². The van der Waals surface area contributed by atoms with E-state index in [0.29, 0.717) is 36.4 Å². The van der Waals surface area contributed by atoms with Crippen molar-refractivity contribution in [2.24, 2.45) is 0 Å². The molecule has 0 spiro atoms. The summed E-state index contributed by atoms with van der Waals surface area (Å²) >= 11 is 0. The van der Waals surface area contributed by atoms with Crippen molar-refractivity contribution >= 4 is 23.1 Å². The standard InChI is InChI=1S/C26H31N3O6/c1-4-27(5-2)15-8-16-28-23(18-11-13-20(14-12-18)29(33)34)22(25(31)26(28)32)24(30)19-9-7-10-21(17-19)35-6-3/h7,9-14,17,23,30H,4-6,8,15-16H2,1-3H3/b24-22+. The van der Waals surface area contributed by atoms with Crippen LogP contribution in [-0.2, 0) is 9.59 Å². The Morgan fingerprint density at radius 3 is 2.40 bits per heavy atom. The number of aliphatic hydroxyl groups is 1. The highest BCUT2D eigenvalue weighted by Gasteiger charge is 2.45. The molecule has 9 nitrogen and oxygen atoms in total. The number of ether oxygens (including phenoxy) is 1. The molecular weight excluding hydrogens is 450 g/mol. The first-order chi connectivity index (χ1) is 16.8. The molecule has 1 atom stereocenters. The zero-order valence-corrected chi connectivity index (χ0v) is 20.3. The second-order valence-corrected chi connectivity index (χ2v) is 8.18. The summed E-state index contributed by atoms with van der Waals surface area (Å²) in [6.07, 6.45) is 0.637. The Hall–Kier alpha value is -3.72. The first-order valence-electron chi connectivity index (χ1n) is 11.8. The molecule has 1 heterocycles. The Morgan fingerprint density at radius 1 is 1.11 bits per heavy atom. The number of non-ortho nitro benzene ring substituents is 1. The molecule has 3 rings (SSSR count). The van der Waals surface area contributed by atoms with E-state index in [4.69, 9.17) is 4.74 Å². The van der Waals surface area contributed by atoms with Crippen molar-refractivity contribution in [3.05, 3.63) is 75.3 Å². The first kappa shape index (κ1) is 25.9. The highest BCUT2D eigenvalue weighted by Crippen LogP contribution is 2.40. The lowest BCUT2D eigenvalue weighted by Crippen LogP contribution is -2.33. The minimum atomic E-state index is -0.858. The predicted octanol–water partition coefficient (Wildman–Crippen LogP) is 4.15. The van der Waals surface area contributed by atoms with Gasteiger partial charge in [0.25, 0.3) is 17.4 Å². The molecule has 0 bridgehead atoms. The summed E-state index contributed by atoms with van der Waals surface area (Å²) in [7, 11) is 0. The van der Waals surface area contributed by atoms with E-state index in [1.165, 1.54) is 29.2 Å². The number of hydrogen-bond acceptors (Lipinski definition) is 7. The van der Waals surface area contributed by atoms with Gasteiger partial charge in [-0.3, -0.25) is 19.7 Å². The number of rotatable bonds is 11. The number of carbonyl (C=O) groups excluding carboxylic acids is 2.